The van der Waals surface area contributed by atoms with Crippen molar-refractivity contribution >= 4 is 0 Å². The Kier molecular flexibility index (Phi) is 10.1. The molecule has 0 N–H and O–H groups in total. The Hall–Kier alpha value is 0. The van der Waals surface area contributed by atoms with E-state index >= 15 is 0 Å². The molecule has 0 fully saturated rings. The topological polar surface area (TPSA) is 0 Å². The van der Waals surface area contributed by atoms with Crippen LogP contribution in [0.2, 0.25) is 0 Å². The quantitative estimate of drug-likeness (QED) is 0.318. The Bertz CT molecular complexity index is 275. The van der Waals surface area contributed by atoms with Crippen LogP contribution in [0.3, 0.4) is 0 Å². The Morgan fingerprint density at radius 1 is 0.522 bits per heavy atom. The van der Waals surface area contributed by atoms with E-state index in [0.29, 0.717) is 16.2 Å². The zero-order chi connectivity index (χ0) is 18.1. The van der Waals surface area contributed by atoms with Gasteiger partial charge in [-0.05, 0) is 47.8 Å². The summed E-state index contributed by atoms with van der Waals surface area (Å²) in [7, 11) is 0. The first-order valence-electron chi connectivity index (χ1n) is 10.6. The first-order valence-corrected chi connectivity index (χ1v) is 10.6. The number of hydrogen-bond donors (Lipinski definition) is 0. The van der Waals surface area contributed by atoms with Gasteiger partial charge in [0.05, 0.1) is 0 Å². The van der Waals surface area contributed by atoms with Crippen molar-refractivity contribution < 1.29 is 0 Å². The van der Waals surface area contributed by atoms with E-state index in [-0.39, 0.29) is 0 Å². The largest absolute Gasteiger partial charge is 0.0654 e. The summed E-state index contributed by atoms with van der Waals surface area (Å²) in [5.74, 6) is 0.890. The molecule has 0 rings (SSSR count). The monoisotopic (exact) mass is 324 g/mol. The molecule has 0 saturated heterocycles. The molecular weight excluding hydrogens is 276 g/mol. The van der Waals surface area contributed by atoms with Crippen molar-refractivity contribution in [3.63, 3.8) is 0 Å². The Balaban J connectivity index is 5.28. The maximum Gasteiger partial charge on any atom is -0.0326 e. The van der Waals surface area contributed by atoms with Gasteiger partial charge in [0.1, 0.15) is 0 Å². The van der Waals surface area contributed by atoms with Gasteiger partial charge in [-0.15, -0.1) is 0 Å². The number of hydrogen-bond acceptors (Lipinski definition) is 0. The van der Waals surface area contributed by atoms with Crippen molar-refractivity contribution in [1.82, 2.24) is 0 Å². The lowest BCUT2D eigenvalue weighted by Crippen LogP contribution is -2.29. The molecule has 0 aromatic carbocycles. The smallest absolute Gasteiger partial charge is 0.0326 e. The van der Waals surface area contributed by atoms with Crippen LogP contribution < -0.4 is 0 Å². The molecule has 0 aromatic heterocycles. The second-order valence-corrected chi connectivity index (χ2v) is 9.43. The summed E-state index contributed by atoms with van der Waals surface area (Å²) in [6.07, 6.45) is 13.6. The van der Waals surface area contributed by atoms with E-state index < -0.39 is 0 Å². The molecule has 0 heteroatoms. The summed E-state index contributed by atoms with van der Waals surface area (Å²) in [6, 6.07) is 0. The second-order valence-electron chi connectivity index (χ2n) is 9.43. The molecule has 0 aromatic rings. The highest BCUT2D eigenvalue weighted by Crippen LogP contribution is 2.46. The molecule has 0 nitrogen and oxygen atoms in total. The van der Waals surface area contributed by atoms with Gasteiger partial charge in [-0.3, -0.25) is 0 Å². The lowest BCUT2D eigenvalue weighted by molar-refractivity contribution is 0.104. The highest BCUT2D eigenvalue weighted by atomic mass is 14.4. The molecule has 0 spiro atoms. The van der Waals surface area contributed by atoms with Crippen LogP contribution in [0.5, 0.6) is 0 Å². The first-order chi connectivity index (χ1) is 10.6. The third-order valence-corrected chi connectivity index (χ3v) is 7.47. The Morgan fingerprint density at radius 2 is 0.826 bits per heavy atom. The molecule has 0 saturated carbocycles. The third-order valence-electron chi connectivity index (χ3n) is 7.47. The van der Waals surface area contributed by atoms with Crippen LogP contribution in [-0.2, 0) is 0 Å². The van der Waals surface area contributed by atoms with Crippen molar-refractivity contribution in [3.8, 4) is 0 Å². The van der Waals surface area contributed by atoms with Crippen LogP contribution in [0, 0.1) is 22.2 Å². The molecule has 0 bridgehead atoms. The van der Waals surface area contributed by atoms with E-state index in [2.05, 4.69) is 62.3 Å². The van der Waals surface area contributed by atoms with Gasteiger partial charge in [0.2, 0.25) is 0 Å². The van der Waals surface area contributed by atoms with Gasteiger partial charge in [-0.2, -0.15) is 0 Å². The molecular formula is C23H48. The molecule has 1 unspecified atom stereocenters. The molecule has 0 aliphatic heterocycles. The minimum atomic E-state index is 0.536. The van der Waals surface area contributed by atoms with Crippen molar-refractivity contribution in [1.29, 1.82) is 0 Å². The summed E-state index contributed by atoms with van der Waals surface area (Å²) in [4.78, 5) is 0. The fraction of sp³-hybridized carbons (Fsp3) is 1.00. The van der Waals surface area contributed by atoms with Crippen LogP contribution in [-0.4, -0.2) is 0 Å². The van der Waals surface area contributed by atoms with Crippen LogP contribution in [0.1, 0.15) is 127 Å². The molecule has 140 valence electrons. The summed E-state index contributed by atoms with van der Waals surface area (Å²) >= 11 is 0. The number of rotatable bonds is 13. The van der Waals surface area contributed by atoms with Gasteiger partial charge in [-0.25, -0.2) is 0 Å². The maximum atomic E-state index is 2.55. The van der Waals surface area contributed by atoms with E-state index in [4.69, 9.17) is 0 Å². The third kappa shape index (κ3) is 7.61. The van der Waals surface area contributed by atoms with Crippen LogP contribution in [0.15, 0.2) is 0 Å². The Labute approximate surface area is 149 Å². The van der Waals surface area contributed by atoms with E-state index in [9.17, 15) is 0 Å². The van der Waals surface area contributed by atoms with Crippen molar-refractivity contribution in [3.05, 3.63) is 0 Å². The van der Waals surface area contributed by atoms with Crippen LogP contribution >= 0.6 is 0 Å². The molecule has 0 aliphatic rings. The SMILES string of the molecule is CCCC(C)(CC)CC(CC(C)(CC)CC)CC(C)(CC)CC. The molecule has 0 heterocycles. The second kappa shape index (κ2) is 10.1. The standard InChI is InChI=1S/C23H48/c1-10-16-23(9,15-6)19-20(17-21(7,11-2)12-3)18-22(8,13-4)14-5/h20H,10-19H2,1-9H3. The van der Waals surface area contributed by atoms with Gasteiger partial charge < -0.3 is 0 Å². The predicted octanol–water partition coefficient (Wildman–Crippen LogP) is 8.64. The zero-order valence-corrected chi connectivity index (χ0v) is 18.1. The summed E-state index contributed by atoms with van der Waals surface area (Å²) in [5.41, 5.74) is 1.62. The van der Waals surface area contributed by atoms with E-state index in [1.54, 1.807) is 0 Å². The van der Waals surface area contributed by atoms with E-state index in [1.165, 1.54) is 64.2 Å². The highest BCUT2D eigenvalue weighted by molar-refractivity contribution is 4.85. The zero-order valence-electron chi connectivity index (χ0n) is 18.1. The van der Waals surface area contributed by atoms with Gasteiger partial charge in [0.25, 0.3) is 0 Å². The predicted molar refractivity (Wildman–Crippen MR) is 108 cm³/mol. The van der Waals surface area contributed by atoms with Crippen molar-refractivity contribution in [2.24, 2.45) is 22.2 Å². The summed E-state index contributed by atoms with van der Waals surface area (Å²) < 4.78 is 0. The van der Waals surface area contributed by atoms with Gasteiger partial charge in [0.15, 0.2) is 0 Å². The average molecular weight is 325 g/mol. The minimum Gasteiger partial charge on any atom is -0.0654 e. The molecule has 0 radical (unpaired) electrons. The molecule has 0 amide bonds. The Morgan fingerprint density at radius 3 is 1.09 bits per heavy atom. The lowest BCUT2D eigenvalue weighted by atomic mass is 9.64. The normalized spacial score (nSPS) is 15.9. The molecule has 1 atom stereocenters. The summed E-state index contributed by atoms with van der Waals surface area (Å²) in [5, 5.41) is 0. The molecule has 0 aliphatic carbocycles. The van der Waals surface area contributed by atoms with Gasteiger partial charge >= 0.3 is 0 Å². The lowest BCUT2D eigenvalue weighted by Gasteiger charge is -2.41. The average Bonchev–Trinajstić information content (AvgIpc) is 2.54. The maximum absolute atomic E-state index is 2.55. The van der Waals surface area contributed by atoms with Gasteiger partial charge in [-0.1, -0.05) is 101 Å². The van der Waals surface area contributed by atoms with E-state index in [0.717, 1.165) is 5.92 Å². The molecule has 23 heavy (non-hydrogen) atoms. The van der Waals surface area contributed by atoms with Crippen LogP contribution in [0.4, 0.5) is 0 Å². The van der Waals surface area contributed by atoms with Gasteiger partial charge in [0, 0.05) is 0 Å². The summed E-state index contributed by atoms with van der Waals surface area (Å²) in [6.45, 7) is 21.9. The minimum absolute atomic E-state index is 0.536. The van der Waals surface area contributed by atoms with Crippen molar-refractivity contribution in [2.75, 3.05) is 0 Å². The van der Waals surface area contributed by atoms with E-state index in [1.807, 2.05) is 0 Å². The van der Waals surface area contributed by atoms with Crippen molar-refractivity contribution in [2.45, 2.75) is 127 Å². The van der Waals surface area contributed by atoms with Crippen LogP contribution in [0.25, 0.3) is 0 Å². The fourth-order valence-electron chi connectivity index (χ4n) is 4.41. The fourth-order valence-corrected chi connectivity index (χ4v) is 4.41. The first kappa shape index (κ1) is 23.0. The highest BCUT2D eigenvalue weighted by Gasteiger charge is 2.34.